The van der Waals surface area contributed by atoms with Crippen LogP contribution in [0.15, 0.2) is 42.5 Å². The van der Waals surface area contributed by atoms with Crippen molar-refractivity contribution in [2.75, 3.05) is 10.9 Å². The summed E-state index contributed by atoms with van der Waals surface area (Å²) in [7, 11) is -1.60. The minimum absolute atomic E-state index is 0.109. The summed E-state index contributed by atoms with van der Waals surface area (Å²) in [4.78, 5) is 38.8. The Kier molecular flexibility index (Phi) is 8.56. The number of hydrazine groups is 1. The maximum absolute atomic E-state index is 14.9. The molecule has 1 saturated heterocycles. The minimum atomic E-state index is -1.60. The predicted octanol–water partition coefficient (Wildman–Crippen LogP) is 5.78. The van der Waals surface area contributed by atoms with E-state index in [0.717, 1.165) is 22.2 Å². The molecule has 35 heavy (non-hydrogen) atoms. The second kappa shape index (κ2) is 11.1. The molecule has 3 rings (SSSR count). The van der Waals surface area contributed by atoms with Crippen molar-refractivity contribution in [3.63, 3.8) is 0 Å². The molecule has 1 fully saturated rings. The second-order valence-corrected chi connectivity index (χ2v) is 12.3. The van der Waals surface area contributed by atoms with Crippen molar-refractivity contribution < 1.29 is 27.9 Å². The highest BCUT2D eigenvalue weighted by Crippen LogP contribution is 2.35. The van der Waals surface area contributed by atoms with E-state index >= 15 is 0 Å². The van der Waals surface area contributed by atoms with Crippen molar-refractivity contribution in [2.45, 2.75) is 45.0 Å². The van der Waals surface area contributed by atoms with Crippen LogP contribution in [0.5, 0.6) is 0 Å². The lowest BCUT2D eigenvalue weighted by Crippen LogP contribution is -2.56. The van der Waals surface area contributed by atoms with Gasteiger partial charge in [0, 0.05) is 17.0 Å². The number of nitrogens with zero attached hydrogens (tertiary/aromatic N) is 2. The first-order valence-electron chi connectivity index (χ1n) is 10.9. The van der Waals surface area contributed by atoms with Crippen molar-refractivity contribution in [2.24, 2.45) is 5.92 Å². The summed E-state index contributed by atoms with van der Waals surface area (Å²) in [5.74, 6) is -4.19. The molecule has 0 aromatic heterocycles. The van der Waals surface area contributed by atoms with Gasteiger partial charge in [-0.1, -0.05) is 23.7 Å². The third-order valence-corrected chi connectivity index (χ3v) is 8.39. The molecule has 0 bridgehead atoms. The summed E-state index contributed by atoms with van der Waals surface area (Å²) in [5, 5.41) is 2.42. The lowest BCUT2D eigenvalue weighted by Gasteiger charge is -2.40. The number of hydrogen-bond donors (Lipinski definition) is 0. The van der Waals surface area contributed by atoms with Gasteiger partial charge in [0.15, 0.2) is 14.6 Å². The Bertz CT molecular complexity index is 1110. The molecule has 11 heteroatoms. The standard InChI is InChI=1S/C24H25Cl2F2N2O4Si/c1-24(2,3)34-23(33)35-13-16(14-35)22(32)30(20-9-8-18(27)10-19(20)28)29(21(31)11-25)12-15-4-6-17(26)7-5-15/h4-10,16H,11-14H2,1-3H3. The molecule has 0 saturated carbocycles. The predicted molar refractivity (Wildman–Crippen MR) is 132 cm³/mol. The molecular formula is C24H25Cl2F2N2O4Si. The Hall–Kier alpha value is -2.49. The third-order valence-electron chi connectivity index (χ3n) is 5.26. The highest BCUT2D eigenvalue weighted by atomic mass is 35.5. The fourth-order valence-corrected chi connectivity index (χ4v) is 5.99. The minimum Gasteiger partial charge on any atom is -0.465 e. The van der Waals surface area contributed by atoms with Gasteiger partial charge >= 0.3 is 0 Å². The van der Waals surface area contributed by atoms with Gasteiger partial charge in [-0.3, -0.25) is 14.4 Å². The molecule has 0 unspecified atom stereocenters. The van der Waals surface area contributed by atoms with Gasteiger partial charge in [0.05, 0.1) is 6.54 Å². The van der Waals surface area contributed by atoms with Gasteiger partial charge in [0.25, 0.3) is 11.5 Å². The Balaban J connectivity index is 1.92. The number of alkyl halides is 1. The SMILES string of the molecule is CC(C)(C)OC(=O)[Si]1CC(C(=O)N(c2ccc(F)cc2F)N(Cc2ccc(Cl)cc2)C(=O)CCl)C1. The number of hydrogen-bond acceptors (Lipinski definition) is 4. The number of rotatable bonds is 6. The quantitative estimate of drug-likeness (QED) is 0.264. The van der Waals surface area contributed by atoms with Crippen molar-refractivity contribution in [1.82, 2.24) is 5.01 Å². The molecule has 0 atom stereocenters. The zero-order valence-electron chi connectivity index (χ0n) is 19.5. The van der Waals surface area contributed by atoms with Gasteiger partial charge in [0.1, 0.15) is 23.0 Å². The molecule has 2 aromatic carbocycles. The fraction of sp³-hybridized carbons (Fsp3) is 0.375. The molecular weight excluding hydrogens is 517 g/mol. The van der Waals surface area contributed by atoms with Crippen LogP contribution >= 0.6 is 23.2 Å². The van der Waals surface area contributed by atoms with Gasteiger partial charge in [0.2, 0.25) is 5.91 Å². The maximum Gasteiger partial charge on any atom is 0.270 e. The fourth-order valence-electron chi connectivity index (χ4n) is 3.52. The van der Waals surface area contributed by atoms with Crippen molar-refractivity contribution in [3.8, 4) is 0 Å². The number of halogens is 4. The van der Waals surface area contributed by atoms with Crippen molar-refractivity contribution in [3.05, 3.63) is 64.7 Å². The number of carbonyl (C=O) groups is 3. The van der Waals surface area contributed by atoms with E-state index in [4.69, 9.17) is 27.9 Å². The van der Waals surface area contributed by atoms with E-state index in [-0.39, 0.29) is 29.9 Å². The number of benzene rings is 2. The normalized spacial score (nSPS) is 14.3. The summed E-state index contributed by atoms with van der Waals surface area (Å²) in [6, 6.07) is 9.85. The summed E-state index contributed by atoms with van der Waals surface area (Å²) < 4.78 is 33.9. The van der Waals surface area contributed by atoms with Gasteiger partial charge in [-0.15, -0.1) is 11.6 Å². The van der Waals surface area contributed by atoms with Crippen LogP contribution in [-0.4, -0.2) is 42.7 Å². The number of anilines is 1. The molecule has 2 amide bonds. The second-order valence-electron chi connectivity index (χ2n) is 9.17. The average molecular weight is 542 g/mol. The molecule has 0 spiro atoms. The molecule has 1 aliphatic heterocycles. The lowest BCUT2D eigenvalue weighted by atomic mass is 10.1. The first kappa shape index (κ1) is 27.1. The zero-order valence-corrected chi connectivity index (χ0v) is 22.0. The molecule has 187 valence electrons. The van der Waals surface area contributed by atoms with E-state index < -0.39 is 49.6 Å². The smallest absolute Gasteiger partial charge is 0.270 e. The van der Waals surface area contributed by atoms with E-state index in [0.29, 0.717) is 16.7 Å². The van der Waals surface area contributed by atoms with Crippen LogP contribution in [0.2, 0.25) is 17.1 Å². The van der Waals surface area contributed by atoms with Crippen LogP contribution in [-0.2, 0) is 20.9 Å². The number of ether oxygens (including phenoxy) is 1. The van der Waals surface area contributed by atoms with E-state index in [9.17, 15) is 23.2 Å². The monoisotopic (exact) mass is 541 g/mol. The van der Waals surface area contributed by atoms with Crippen molar-refractivity contribution >= 4 is 55.1 Å². The summed E-state index contributed by atoms with van der Waals surface area (Å²) >= 11 is 11.8. The molecule has 2 aromatic rings. The lowest BCUT2D eigenvalue weighted by molar-refractivity contribution is -0.137. The molecule has 1 aliphatic rings. The van der Waals surface area contributed by atoms with Crippen LogP contribution in [0.1, 0.15) is 26.3 Å². The van der Waals surface area contributed by atoms with Crippen LogP contribution in [0.25, 0.3) is 0 Å². The Morgan fingerprint density at radius 1 is 1.09 bits per heavy atom. The first-order chi connectivity index (χ1) is 16.4. The number of carbonyl (C=O) groups excluding carboxylic acids is 3. The zero-order chi connectivity index (χ0) is 25.9. The molecule has 1 radical (unpaired) electrons. The van der Waals surface area contributed by atoms with E-state index in [1.807, 2.05) is 0 Å². The Morgan fingerprint density at radius 2 is 1.71 bits per heavy atom. The third kappa shape index (κ3) is 6.80. The van der Waals surface area contributed by atoms with Gasteiger partial charge in [-0.05, 0) is 62.7 Å². The van der Waals surface area contributed by atoms with E-state index in [1.165, 1.54) is 0 Å². The first-order valence-corrected chi connectivity index (χ1v) is 13.7. The van der Waals surface area contributed by atoms with Crippen LogP contribution in [0.4, 0.5) is 19.3 Å². The van der Waals surface area contributed by atoms with Crippen molar-refractivity contribution in [1.29, 1.82) is 0 Å². The largest absolute Gasteiger partial charge is 0.465 e. The van der Waals surface area contributed by atoms with Crippen LogP contribution < -0.4 is 5.01 Å². The van der Waals surface area contributed by atoms with Gasteiger partial charge in [-0.2, -0.15) is 0 Å². The molecule has 1 heterocycles. The summed E-state index contributed by atoms with van der Waals surface area (Å²) in [5.41, 5.74) is -0.641. The maximum atomic E-state index is 14.9. The van der Waals surface area contributed by atoms with Gasteiger partial charge < -0.3 is 4.74 Å². The topological polar surface area (TPSA) is 66.9 Å². The highest BCUT2D eigenvalue weighted by Gasteiger charge is 2.46. The summed E-state index contributed by atoms with van der Waals surface area (Å²) in [6.45, 7) is 5.18. The molecule has 0 aliphatic carbocycles. The number of amides is 2. The van der Waals surface area contributed by atoms with Gasteiger partial charge in [-0.25, -0.2) is 18.8 Å². The highest BCUT2D eigenvalue weighted by molar-refractivity contribution is 6.91. The Labute approximate surface area is 214 Å². The average Bonchev–Trinajstić information content (AvgIpc) is 2.73. The van der Waals surface area contributed by atoms with E-state index in [1.54, 1.807) is 45.0 Å². The Morgan fingerprint density at radius 3 is 2.26 bits per heavy atom. The van der Waals surface area contributed by atoms with Crippen LogP contribution in [0, 0.1) is 17.6 Å². The van der Waals surface area contributed by atoms with E-state index in [2.05, 4.69) is 0 Å². The molecule has 0 N–H and O–H groups in total. The molecule has 6 nitrogen and oxygen atoms in total. The summed E-state index contributed by atoms with van der Waals surface area (Å²) in [6.07, 6.45) is 0. The van der Waals surface area contributed by atoms with Crippen LogP contribution in [0.3, 0.4) is 0 Å².